The van der Waals surface area contributed by atoms with Crippen molar-refractivity contribution in [1.82, 2.24) is 15.0 Å². The van der Waals surface area contributed by atoms with Crippen molar-refractivity contribution in [3.63, 3.8) is 0 Å². The Balaban J connectivity index is 2.41. The molecule has 0 radical (unpaired) electrons. The van der Waals surface area contributed by atoms with E-state index in [9.17, 15) is 9.59 Å². The van der Waals surface area contributed by atoms with E-state index in [1.807, 2.05) is 6.07 Å². The maximum Gasteiger partial charge on any atom is 0.273 e. The normalized spacial score (nSPS) is 10.2. The molecule has 0 unspecified atom stereocenters. The monoisotopic (exact) mass is 279 g/mol. The molecule has 0 bridgehead atoms. The number of nitrogens with zero attached hydrogens (tertiary/aromatic N) is 3. The van der Waals surface area contributed by atoms with Gasteiger partial charge in [-0.05, 0) is 12.1 Å². The van der Waals surface area contributed by atoms with Crippen molar-refractivity contribution in [1.29, 1.82) is 0 Å². The van der Waals surface area contributed by atoms with E-state index >= 15 is 0 Å². The number of hydrogen-bond donors (Lipinski definition) is 2. The first-order valence-electron chi connectivity index (χ1n) is 5.30. The van der Waals surface area contributed by atoms with E-state index in [-0.39, 0.29) is 17.4 Å². The maximum absolute atomic E-state index is 11.3. The Morgan fingerprint density at radius 1 is 1.26 bits per heavy atom. The minimum atomic E-state index is -0.785. The topological polar surface area (TPSA) is 103 Å². The molecule has 98 valence electrons. The predicted molar refractivity (Wildman–Crippen MR) is 69.2 cm³/mol. The summed E-state index contributed by atoms with van der Waals surface area (Å²) in [6.07, 6.45) is 0. The number of nitrogens with one attached hydrogen (secondary N) is 1. The van der Waals surface area contributed by atoms with E-state index in [1.165, 1.54) is 4.80 Å². The number of halogens is 1. The van der Waals surface area contributed by atoms with Gasteiger partial charge in [-0.15, -0.1) is 26.6 Å². The summed E-state index contributed by atoms with van der Waals surface area (Å²) in [5.41, 5.74) is 5.70. The van der Waals surface area contributed by atoms with E-state index < -0.39 is 11.8 Å². The maximum atomic E-state index is 11.3. The third-order valence-electron chi connectivity index (χ3n) is 2.21. The summed E-state index contributed by atoms with van der Waals surface area (Å²) in [6.45, 7) is 0. The van der Waals surface area contributed by atoms with Crippen LogP contribution in [0.25, 0.3) is 5.69 Å². The van der Waals surface area contributed by atoms with Crippen LogP contribution in [0.1, 0.15) is 10.5 Å². The summed E-state index contributed by atoms with van der Waals surface area (Å²) in [4.78, 5) is 23.7. The summed E-state index contributed by atoms with van der Waals surface area (Å²) in [5.74, 6) is -1.55. The smallest absolute Gasteiger partial charge is 0.273 e. The number of rotatable bonds is 4. The summed E-state index contributed by atoms with van der Waals surface area (Å²) >= 11 is 5.37. The van der Waals surface area contributed by atoms with E-state index in [4.69, 9.17) is 17.3 Å². The number of aromatic nitrogens is 3. The fourth-order valence-corrected chi connectivity index (χ4v) is 1.47. The van der Waals surface area contributed by atoms with Gasteiger partial charge >= 0.3 is 0 Å². The second-order valence-corrected chi connectivity index (χ2v) is 3.84. The minimum Gasteiger partial charge on any atom is -0.364 e. The van der Waals surface area contributed by atoms with Crippen LogP contribution in [-0.4, -0.2) is 32.7 Å². The van der Waals surface area contributed by atoms with Gasteiger partial charge in [-0.1, -0.05) is 18.2 Å². The van der Waals surface area contributed by atoms with Crippen molar-refractivity contribution >= 4 is 29.2 Å². The Hall–Kier alpha value is -2.41. The van der Waals surface area contributed by atoms with Crippen LogP contribution in [0.5, 0.6) is 0 Å². The Morgan fingerprint density at radius 3 is 2.53 bits per heavy atom. The highest BCUT2D eigenvalue weighted by atomic mass is 35.5. The highest BCUT2D eigenvalue weighted by Gasteiger charge is 2.18. The Bertz CT molecular complexity index is 611. The van der Waals surface area contributed by atoms with Crippen molar-refractivity contribution in [2.24, 2.45) is 5.73 Å². The number of carbonyl (C=O) groups excluding carboxylic acids is 2. The SMILES string of the molecule is NC(=O)c1nn(-c2ccccc2)nc1NC(=O)CCl. The van der Waals surface area contributed by atoms with Gasteiger partial charge in [0.2, 0.25) is 5.91 Å². The van der Waals surface area contributed by atoms with Crippen LogP contribution in [-0.2, 0) is 4.79 Å². The lowest BCUT2D eigenvalue weighted by atomic mass is 10.3. The van der Waals surface area contributed by atoms with Crippen LogP contribution in [0.4, 0.5) is 5.82 Å². The fourth-order valence-electron chi connectivity index (χ4n) is 1.40. The van der Waals surface area contributed by atoms with E-state index in [1.54, 1.807) is 24.3 Å². The number of amides is 2. The third-order valence-corrected chi connectivity index (χ3v) is 2.46. The Labute approximate surface area is 113 Å². The van der Waals surface area contributed by atoms with Gasteiger partial charge in [0.15, 0.2) is 11.5 Å². The number of alkyl halides is 1. The van der Waals surface area contributed by atoms with Crippen molar-refractivity contribution in [2.75, 3.05) is 11.2 Å². The van der Waals surface area contributed by atoms with Crippen molar-refractivity contribution in [2.45, 2.75) is 0 Å². The van der Waals surface area contributed by atoms with Gasteiger partial charge in [-0.2, -0.15) is 0 Å². The molecule has 8 heteroatoms. The number of anilines is 1. The van der Waals surface area contributed by atoms with Gasteiger partial charge in [-0.3, -0.25) is 9.59 Å². The summed E-state index contributed by atoms with van der Waals surface area (Å²) < 4.78 is 0. The minimum absolute atomic E-state index is 0.0120. The number of nitrogens with two attached hydrogens (primary N) is 1. The lowest BCUT2D eigenvalue weighted by Crippen LogP contribution is -2.18. The predicted octanol–water partition coefficient (Wildman–Crippen LogP) is 0.543. The summed E-state index contributed by atoms with van der Waals surface area (Å²) in [7, 11) is 0. The highest BCUT2D eigenvalue weighted by molar-refractivity contribution is 6.29. The fraction of sp³-hybridized carbons (Fsp3) is 0.0909. The number of para-hydroxylation sites is 1. The molecule has 2 amide bonds. The molecular formula is C11H10ClN5O2. The molecule has 0 atom stereocenters. The van der Waals surface area contributed by atoms with Gasteiger partial charge in [0.25, 0.3) is 5.91 Å². The van der Waals surface area contributed by atoms with Gasteiger partial charge < -0.3 is 11.1 Å². The van der Waals surface area contributed by atoms with E-state index in [0.717, 1.165) is 0 Å². The Morgan fingerprint density at radius 2 is 1.95 bits per heavy atom. The molecule has 0 saturated heterocycles. The average molecular weight is 280 g/mol. The molecule has 0 fully saturated rings. The van der Waals surface area contributed by atoms with Crippen molar-refractivity contribution < 1.29 is 9.59 Å². The standard InChI is InChI=1S/C11H10ClN5O2/c12-6-8(18)14-11-9(10(13)19)15-17(16-11)7-4-2-1-3-5-7/h1-5H,6H2,(H2,13,19)(H,14,16,18). The molecule has 3 N–H and O–H groups in total. The lowest BCUT2D eigenvalue weighted by Gasteiger charge is -1.98. The van der Waals surface area contributed by atoms with Crippen LogP contribution in [0.3, 0.4) is 0 Å². The average Bonchev–Trinajstić information content (AvgIpc) is 2.83. The molecule has 0 aliphatic rings. The number of carbonyl (C=O) groups is 2. The number of primary amides is 1. The zero-order valence-electron chi connectivity index (χ0n) is 9.71. The van der Waals surface area contributed by atoms with Crippen LogP contribution < -0.4 is 11.1 Å². The van der Waals surface area contributed by atoms with Gasteiger partial charge in [0.05, 0.1) is 5.69 Å². The zero-order chi connectivity index (χ0) is 13.8. The number of benzene rings is 1. The molecule has 0 saturated carbocycles. The quantitative estimate of drug-likeness (QED) is 0.797. The van der Waals surface area contributed by atoms with Gasteiger partial charge in [-0.25, -0.2) is 0 Å². The molecule has 1 aromatic carbocycles. The second kappa shape index (κ2) is 5.49. The van der Waals surface area contributed by atoms with E-state index in [0.29, 0.717) is 5.69 Å². The molecule has 0 aliphatic heterocycles. The zero-order valence-corrected chi connectivity index (χ0v) is 10.5. The molecule has 19 heavy (non-hydrogen) atoms. The van der Waals surface area contributed by atoms with Crippen molar-refractivity contribution in [3.05, 3.63) is 36.0 Å². The molecule has 1 aromatic heterocycles. The number of hydrogen-bond acceptors (Lipinski definition) is 4. The second-order valence-electron chi connectivity index (χ2n) is 3.57. The molecule has 2 aromatic rings. The summed E-state index contributed by atoms with van der Waals surface area (Å²) in [6, 6.07) is 8.91. The summed E-state index contributed by atoms with van der Waals surface area (Å²) in [5, 5.41) is 10.3. The van der Waals surface area contributed by atoms with Crippen LogP contribution >= 0.6 is 11.6 Å². The first-order chi connectivity index (χ1) is 9.11. The van der Waals surface area contributed by atoms with E-state index in [2.05, 4.69) is 15.5 Å². The van der Waals surface area contributed by atoms with Gasteiger partial charge in [0.1, 0.15) is 5.88 Å². The molecule has 2 rings (SSSR count). The third kappa shape index (κ3) is 2.89. The first kappa shape index (κ1) is 13.0. The highest BCUT2D eigenvalue weighted by Crippen LogP contribution is 2.12. The molecule has 1 heterocycles. The van der Waals surface area contributed by atoms with Crippen molar-refractivity contribution in [3.8, 4) is 5.69 Å². The molecular weight excluding hydrogens is 270 g/mol. The van der Waals surface area contributed by atoms with Gasteiger partial charge in [0, 0.05) is 0 Å². The van der Waals surface area contributed by atoms with Crippen LogP contribution in [0.15, 0.2) is 30.3 Å². The van der Waals surface area contributed by atoms with Crippen LogP contribution in [0.2, 0.25) is 0 Å². The molecule has 7 nitrogen and oxygen atoms in total. The molecule has 0 spiro atoms. The first-order valence-corrected chi connectivity index (χ1v) is 5.83. The lowest BCUT2D eigenvalue weighted by molar-refractivity contribution is -0.113. The van der Waals surface area contributed by atoms with Crippen LogP contribution in [0, 0.1) is 0 Å². The Kier molecular flexibility index (Phi) is 3.76. The largest absolute Gasteiger partial charge is 0.364 e. The molecule has 0 aliphatic carbocycles.